The SMILES string of the molecule is CCC1=C(CCl)CN(S(=O)(=O)c2ccc(C)cc2)C1=O. The molecule has 0 aromatic heterocycles. The van der Waals surface area contributed by atoms with Gasteiger partial charge in [-0.1, -0.05) is 24.6 Å². The van der Waals surface area contributed by atoms with E-state index in [4.69, 9.17) is 11.6 Å². The van der Waals surface area contributed by atoms with Crippen LogP contribution in [0.4, 0.5) is 0 Å². The van der Waals surface area contributed by atoms with Crippen LogP contribution in [0, 0.1) is 6.92 Å². The van der Waals surface area contributed by atoms with E-state index in [2.05, 4.69) is 0 Å². The van der Waals surface area contributed by atoms with E-state index in [1.807, 2.05) is 13.8 Å². The second-order valence-electron chi connectivity index (χ2n) is 4.70. The monoisotopic (exact) mass is 313 g/mol. The molecule has 0 atom stereocenters. The molecule has 0 radical (unpaired) electrons. The number of nitrogens with zero attached hydrogens (tertiary/aromatic N) is 1. The normalized spacial score (nSPS) is 16.1. The molecule has 0 bridgehead atoms. The number of sulfonamides is 1. The molecule has 108 valence electrons. The Morgan fingerprint density at radius 1 is 1.25 bits per heavy atom. The Labute approximate surface area is 124 Å². The molecular formula is C14H16ClNO3S. The Bertz CT molecular complexity index is 662. The number of carbonyl (C=O) groups excluding carboxylic acids is 1. The molecule has 20 heavy (non-hydrogen) atoms. The maximum Gasteiger partial charge on any atom is 0.267 e. The van der Waals surface area contributed by atoms with Crippen LogP contribution in [0.25, 0.3) is 0 Å². The summed E-state index contributed by atoms with van der Waals surface area (Å²) in [5, 5.41) is 0. The highest BCUT2D eigenvalue weighted by atomic mass is 35.5. The van der Waals surface area contributed by atoms with Crippen molar-refractivity contribution in [2.45, 2.75) is 25.2 Å². The van der Waals surface area contributed by atoms with Gasteiger partial charge in [-0.3, -0.25) is 4.79 Å². The lowest BCUT2D eigenvalue weighted by atomic mass is 10.1. The van der Waals surface area contributed by atoms with Crippen LogP contribution in [-0.4, -0.2) is 31.1 Å². The molecule has 1 heterocycles. The van der Waals surface area contributed by atoms with Gasteiger partial charge in [0.25, 0.3) is 15.9 Å². The van der Waals surface area contributed by atoms with Crippen molar-refractivity contribution in [2.24, 2.45) is 0 Å². The summed E-state index contributed by atoms with van der Waals surface area (Å²) in [6.07, 6.45) is 0.487. The predicted octanol–water partition coefficient (Wildman–Crippen LogP) is 2.47. The summed E-state index contributed by atoms with van der Waals surface area (Å²) in [6.45, 7) is 3.75. The van der Waals surface area contributed by atoms with Crippen molar-refractivity contribution in [2.75, 3.05) is 12.4 Å². The number of hydrogen-bond acceptors (Lipinski definition) is 3. The molecule has 0 spiro atoms. The molecule has 1 amide bonds. The Kier molecular flexibility index (Phi) is 4.20. The molecule has 0 saturated heterocycles. The van der Waals surface area contributed by atoms with Crippen LogP contribution < -0.4 is 0 Å². The Morgan fingerprint density at radius 3 is 2.30 bits per heavy atom. The zero-order valence-corrected chi connectivity index (χ0v) is 13.0. The smallest absolute Gasteiger partial charge is 0.267 e. The molecule has 4 nitrogen and oxygen atoms in total. The first kappa shape index (κ1) is 15.1. The summed E-state index contributed by atoms with van der Waals surface area (Å²) in [5.41, 5.74) is 2.16. The van der Waals surface area contributed by atoms with Crippen molar-refractivity contribution in [1.82, 2.24) is 4.31 Å². The van der Waals surface area contributed by atoms with Gasteiger partial charge in [-0.25, -0.2) is 12.7 Å². The van der Waals surface area contributed by atoms with Gasteiger partial charge < -0.3 is 0 Å². The molecule has 1 aliphatic heterocycles. The summed E-state index contributed by atoms with van der Waals surface area (Å²) < 4.78 is 25.9. The fraction of sp³-hybridized carbons (Fsp3) is 0.357. The number of benzene rings is 1. The second-order valence-corrected chi connectivity index (χ2v) is 6.83. The van der Waals surface area contributed by atoms with Gasteiger partial charge in [-0.05, 0) is 31.1 Å². The molecule has 6 heteroatoms. The first-order chi connectivity index (χ1) is 9.41. The minimum Gasteiger partial charge on any atom is -0.268 e. The summed E-state index contributed by atoms with van der Waals surface area (Å²) in [5.74, 6) is -0.279. The van der Waals surface area contributed by atoms with E-state index in [-0.39, 0.29) is 17.3 Å². The van der Waals surface area contributed by atoms with Crippen LogP contribution in [-0.2, 0) is 14.8 Å². The Morgan fingerprint density at radius 2 is 1.85 bits per heavy atom. The fourth-order valence-corrected chi connectivity index (χ4v) is 3.83. The van der Waals surface area contributed by atoms with E-state index in [0.29, 0.717) is 17.6 Å². The quantitative estimate of drug-likeness (QED) is 0.802. The summed E-state index contributed by atoms with van der Waals surface area (Å²) in [7, 11) is -3.81. The van der Waals surface area contributed by atoms with Gasteiger partial charge in [0.05, 0.1) is 11.4 Å². The molecule has 1 aliphatic rings. The maximum atomic E-state index is 12.5. The minimum atomic E-state index is -3.81. The third-order valence-corrected chi connectivity index (χ3v) is 5.44. The summed E-state index contributed by atoms with van der Waals surface area (Å²) in [4.78, 5) is 12.4. The van der Waals surface area contributed by atoms with Gasteiger partial charge in [0, 0.05) is 11.5 Å². The average Bonchev–Trinajstić information content (AvgIpc) is 2.76. The number of rotatable bonds is 4. The number of carbonyl (C=O) groups is 1. The molecule has 0 aliphatic carbocycles. The van der Waals surface area contributed by atoms with E-state index in [1.165, 1.54) is 12.1 Å². The van der Waals surface area contributed by atoms with Crippen molar-refractivity contribution in [3.8, 4) is 0 Å². The molecule has 2 rings (SSSR count). The highest BCUT2D eigenvalue weighted by molar-refractivity contribution is 7.89. The van der Waals surface area contributed by atoms with Crippen LogP contribution in [0.2, 0.25) is 0 Å². The number of alkyl halides is 1. The molecule has 1 aromatic carbocycles. The summed E-state index contributed by atoms with van der Waals surface area (Å²) in [6, 6.07) is 6.46. The van der Waals surface area contributed by atoms with Crippen LogP contribution in [0.1, 0.15) is 18.9 Å². The van der Waals surface area contributed by atoms with Crippen molar-refractivity contribution in [3.05, 3.63) is 41.0 Å². The lowest BCUT2D eigenvalue weighted by Crippen LogP contribution is -2.34. The minimum absolute atomic E-state index is 0.0573. The fourth-order valence-electron chi connectivity index (χ4n) is 2.20. The molecule has 0 fully saturated rings. The maximum absolute atomic E-state index is 12.5. The van der Waals surface area contributed by atoms with Crippen molar-refractivity contribution in [3.63, 3.8) is 0 Å². The summed E-state index contributed by atoms with van der Waals surface area (Å²) >= 11 is 5.80. The highest BCUT2D eigenvalue weighted by Crippen LogP contribution is 2.28. The van der Waals surface area contributed by atoms with Crippen LogP contribution >= 0.6 is 11.6 Å². The third-order valence-electron chi connectivity index (χ3n) is 3.37. The van der Waals surface area contributed by atoms with Crippen molar-refractivity contribution in [1.29, 1.82) is 0 Å². The molecule has 0 unspecified atom stereocenters. The lowest BCUT2D eigenvalue weighted by Gasteiger charge is -2.17. The standard InChI is InChI=1S/C14H16ClNO3S/c1-3-13-11(8-15)9-16(14(13)17)20(18,19)12-6-4-10(2)5-7-12/h4-7H,3,8-9H2,1-2H3. The second kappa shape index (κ2) is 5.58. The largest absolute Gasteiger partial charge is 0.268 e. The Hall–Kier alpha value is -1.33. The van der Waals surface area contributed by atoms with Gasteiger partial charge in [-0.15, -0.1) is 11.6 Å². The van der Waals surface area contributed by atoms with E-state index in [1.54, 1.807) is 12.1 Å². The highest BCUT2D eigenvalue weighted by Gasteiger charge is 2.37. The molecular weight excluding hydrogens is 298 g/mol. The van der Waals surface area contributed by atoms with Crippen LogP contribution in [0.3, 0.4) is 0 Å². The van der Waals surface area contributed by atoms with Gasteiger partial charge >= 0.3 is 0 Å². The van der Waals surface area contributed by atoms with E-state index >= 15 is 0 Å². The van der Waals surface area contributed by atoms with E-state index in [0.717, 1.165) is 9.87 Å². The van der Waals surface area contributed by atoms with Crippen molar-refractivity contribution >= 4 is 27.5 Å². The zero-order valence-electron chi connectivity index (χ0n) is 11.4. The molecule has 1 aromatic rings. The lowest BCUT2D eigenvalue weighted by molar-refractivity contribution is -0.121. The number of amides is 1. The number of hydrogen-bond donors (Lipinski definition) is 0. The zero-order chi connectivity index (χ0) is 14.9. The van der Waals surface area contributed by atoms with Gasteiger partial charge in [-0.2, -0.15) is 0 Å². The molecule has 0 saturated carbocycles. The van der Waals surface area contributed by atoms with Crippen molar-refractivity contribution < 1.29 is 13.2 Å². The average molecular weight is 314 g/mol. The third kappa shape index (κ3) is 2.47. The van der Waals surface area contributed by atoms with Gasteiger partial charge in [0.2, 0.25) is 0 Å². The predicted molar refractivity (Wildman–Crippen MR) is 78.1 cm³/mol. The van der Waals surface area contributed by atoms with E-state index in [9.17, 15) is 13.2 Å². The Balaban J connectivity index is 2.38. The number of halogens is 1. The molecule has 0 N–H and O–H groups in total. The first-order valence-electron chi connectivity index (χ1n) is 6.32. The van der Waals surface area contributed by atoms with Gasteiger partial charge in [0.1, 0.15) is 0 Å². The first-order valence-corrected chi connectivity index (χ1v) is 8.29. The van der Waals surface area contributed by atoms with Crippen LogP contribution in [0.15, 0.2) is 40.3 Å². The van der Waals surface area contributed by atoms with Crippen LogP contribution in [0.5, 0.6) is 0 Å². The topological polar surface area (TPSA) is 54.5 Å². The van der Waals surface area contributed by atoms with E-state index < -0.39 is 15.9 Å². The number of aryl methyl sites for hydroxylation is 1. The van der Waals surface area contributed by atoms with Gasteiger partial charge in [0.15, 0.2) is 0 Å².